The molecule has 3 heterocycles. The Morgan fingerprint density at radius 2 is 2.15 bits per heavy atom. The van der Waals surface area contributed by atoms with Crippen LogP contribution in [-0.4, -0.2) is 24.5 Å². The Bertz CT molecular complexity index is 1180. The zero-order valence-corrected chi connectivity index (χ0v) is 15.5. The normalized spacial score (nSPS) is 12.3. The number of hydrogen-bond acceptors (Lipinski definition) is 5. The van der Waals surface area contributed by atoms with Crippen molar-refractivity contribution in [3.63, 3.8) is 0 Å². The van der Waals surface area contributed by atoms with Gasteiger partial charge in [-0.25, -0.2) is 15.0 Å². The van der Waals surface area contributed by atoms with Crippen LogP contribution in [0.3, 0.4) is 0 Å². The molecular weight excluding hydrogens is 364 g/mol. The first-order chi connectivity index (χ1) is 13.0. The van der Waals surface area contributed by atoms with Crippen LogP contribution in [0.4, 0.5) is 5.95 Å². The summed E-state index contributed by atoms with van der Waals surface area (Å²) in [6.07, 6.45) is 5.13. The Labute approximate surface area is 160 Å². The monoisotopic (exact) mass is 380 g/mol. The van der Waals surface area contributed by atoms with Crippen molar-refractivity contribution < 1.29 is 0 Å². The van der Waals surface area contributed by atoms with Gasteiger partial charge >= 0.3 is 0 Å². The highest BCUT2D eigenvalue weighted by Gasteiger charge is 2.14. The molecule has 3 aromatic heterocycles. The highest BCUT2D eigenvalue weighted by molar-refractivity contribution is 6.35. The second-order valence-electron chi connectivity index (χ2n) is 6.28. The van der Waals surface area contributed by atoms with E-state index in [4.69, 9.17) is 11.6 Å². The molecule has 27 heavy (non-hydrogen) atoms. The molecule has 0 saturated carbocycles. The van der Waals surface area contributed by atoms with E-state index in [0.29, 0.717) is 22.1 Å². The second kappa shape index (κ2) is 6.85. The largest absolute Gasteiger partial charge is 0.347 e. The number of para-hydroxylation sites is 1. The summed E-state index contributed by atoms with van der Waals surface area (Å²) < 4.78 is 1.88. The maximum absolute atomic E-state index is 12.5. The van der Waals surface area contributed by atoms with Crippen LogP contribution in [0.5, 0.6) is 0 Å². The molecule has 8 heteroatoms. The molecule has 4 aromatic rings. The summed E-state index contributed by atoms with van der Waals surface area (Å²) in [5, 5.41) is 4.58. The molecule has 0 saturated heterocycles. The van der Waals surface area contributed by atoms with E-state index in [1.807, 2.05) is 42.8 Å². The van der Waals surface area contributed by atoms with E-state index in [-0.39, 0.29) is 11.6 Å². The number of imidazole rings is 1. The molecule has 0 spiro atoms. The predicted molar refractivity (Wildman–Crippen MR) is 106 cm³/mol. The van der Waals surface area contributed by atoms with Crippen molar-refractivity contribution in [1.29, 1.82) is 0 Å². The standard InChI is InChI=1S/C19H17ClN6O/c1-11(13-8-12-4-3-5-14(20)17(12)25-18(13)27)23-19-22-7-6-15(24-19)16-9-21-10-26(16)2/h3-11H,1-2H3,(H,25,27)(H,22,23,24)/t11-/m0/s1. The van der Waals surface area contributed by atoms with Gasteiger partial charge in [0.05, 0.1) is 40.5 Å². The predicted octanol–water partition coefficient (Wildman–Crippen LogP) is 3.55. The van der Waals surface area contributed by atoms with Gasteiger partial charge in [0.15, 0.2) is 0 Å². The fourth-order valence-electron chi connectivity index (χ4n) is 2.98. The number of halogens is 1. The van der Waals surface area contributed by atoms with Gasteiger partial charge in [-0.05, 0) is 25.1 Å². The number of aromatic amines is 1. The van der Waals surface area contributed by atoms with Gasteiger partial charge in [-0.15, -0.1) is 0 Å². The van der Waals surface area contributed by atoms with Crippen LogP contribution in [0.15, 0.2) is 53.8 Å². The minimum atomic E-state index is -0.293. The number of benzene rings is 1. The number of aryl methyl sites for hydroxylation is 1. The maximum Gasteiger partial charge on any atom is 0.253 e. The topological polar surface area (TPSA) is 88.5 Å². The molecule has 1 aromatic carbocycles. The third kappa shape index (κ3) is 3.29. The van der Waals surface area contributed by atoms with E-state index in [9.17, 15) is 4.79 Å². The summed E-state index contributed by atoms with van der Waals surface area (Å²) in [7, 11) is 1.90. The smallest absolute Gasteiger partial charge is 0.253 e. The van der Waals surface area contributed by atoms with Crippen LogP contribution in [0.1, 0.15) is 18.5 Å². The van der Waals surface area contributed by atoms with Gasteiger partial charge in [0, 0.05) is 24.2 Å². The van der Waals surface area contributed by atoms with Crippen LogP contribution in [0.25, 0.3) is 22.3 Å². The minimum Gasteiger partial charge on any atom is -0.347 e. The van der Waals surface area contributed by atoms with Gasteiger partial charge < -0.3 is 14.9 Å². The average Bonchev–Trinajstić information content (AvgIpc) is 3.08. The van der Waals surface area contributed by atoms with E-state index in [2.05, 4.69) is 25.3 Å². The van der Waals surface area contributed by atoms with Crippen LogP contribution in [-0.2, 0) is 7.05 Å². The fourth-order valence-corrected chi connectivity index (χ4v) is 3.21. The molecule has 0 unspecified atom stereocenters. The molecule has 0 radical (unpaired) electrons. The van der Waals surface area contributed by atoms with Crippen LogP contribution < -0.4 is 10.9 Å². The zero-order valence-electron chi connectivity index (χ0n) is 14.8. The third-order valence-electron chi connectivity index (χ3n) is 4.40. The van der Waals surface area contributed by atoms with Crippen LogP contribution >= 0.6 is 11.6 Å². The van der Waals surface area contributed by atoms with E-state index in [1.54, 1.807) is 24.8 Å². The first kappa shape index (κ1) is 17.2. The molecule has 1 atom stereocenters. The molecule has 7 nitrogen and oxygen atoms in total. The molecule has 0 fully saturated rings. The summed E-state index contributed by atoms with van der Waals surface area (Å²) in [6, 6.07) is 8.87. The second-order valence-corrected chi connectivity index (χ2v) is 6.69. The Balaban J connectivity index is 1.66. The van der Waals surface area contributed by atoms with Crippen molar-refractivity contribution in [3.05, 3.63) is 70.0 Å². The van der Waals surface area contributed by atoms with Gasteiger partial charge in [-0.2, -0.15) is 0 Å². The Morgan fingerprint density at radius 1 is 1.30 bits per heavy atom. The molecule has 136 valence electrons. The van der Waals surface area contributed by atoms with Gasteiger partial charge in [0.25, 0.3) is 5.56 Å². The number of nitrogens with zero attached hydrogens (tertiary/aromatic N) is 4. The number of nitrogens with one attached hydrogen (secondary N) is 2. The lowest BCUT2D eigenvalue weighted by atomic mass is 10.1. The quantitative estimate of drug-likeness (QED) is 0.565. The summed E-state index contributed by atoms with van der Waals surface area (Å²) in [5.74, 6) is 0.437. The van der Waals surface area contributed by atoms with Crippen molar-refractivity contribution in [2.45, 2.75) is 13.0 Å². The summed E-state index contributed by atoms with van der Waals surface area (Å²) in [6.45, 7) is 1.89. The Morgan fingerprint density at radius 3 is 2.93 bits per heavy atom. The van der Waals surface area contributed by atoms with Gasteiger partial charge in [-0.3, -0.25) is 4.79 Å². The van der Waals surface area contributed by atoms with Gasteiger partial charge in [0.2, 0.25) is 5.95 Å². The average molecular weight is 381 g/mol. The van der Waals surface area contributed by atoms with Crippen molar-refractivity contribution in [1.82, 2.24) is 24.5 Å². The minimum absolute atomic E-state index is 0.196. The summed E-state index contributed by atoms with van der Waals surface area (Å²) >= 11 is 6.16. The van der Waals surface area contributed by atoms with Gasteiger partial charge in [0.1, 0.15) is 0 Å². The lowest BCUT2D eigenvalue weighted by Gasteiger charge is -2.15. The number of fused-ring (bicyclic) bond motifs is 1. The zero-order chi connectivity index (χ0) is 19.0. The number of hydrogen-bond donors (Lipinski definition) is 2. The first-order valence-electron chi connectivity index (χ1n) is 8.40. The van der Waals surface area contributed by atoms with Crippen molar-refractivity contribution in [3.8, 4) is 11.4 Å². The SMILES string of the molecule is C[C@H](Nc1nccc(-c2cncn2C)n1)c1cc2cccc(Cl)c2[nH]c1=O. The summed E-state index contributed by atoms with van der Waals surface area (Å²) in [5.41, 5.74) is 2.65. The van der Waals surface area contributed by atoms with Crippen molar-refractivity contribution in [2.24, 2.45) is 7.05 Å². The summed E-state index contributed by atoms with van der Waals surface area (Å²) in [4.78, 5) is 28.3. The molecule has 0 aliphatic rings. The number of anilines is 1. The van der Waals surface area contributed by atoms with E-state index >= 15 is 0 Å². The number of H-pyrrole nitrogens is 1. The van der Waals surface area contributed by atoms with Crippen molar-refractivity contribution >= 4 is 28.5 Å². The van der Waals surface area contributed by atoms with Crippen molar-refractivity contribution in [2.75, 3.05) is 5.32 Å². The number of rotatable bonds is 4. The number of aromatic nitrogens is 5. The fraction of sp³-hybridized carbons (Fsp3) is 0.158. The number of pyridine rings is 1. The molecule has 4 rings (SSSR count). The van der Waals surface area contributed by atoms with Crippen LogP contribution in [0.2, 0.25) is 5.02 Å². The van der Waals surface area contributed by atoms with E-state index in [1.165, 1.54) is 0 Å². The highest BCUT2D eigenvalue weighted by Crippen LogP contribution is 2.23. The molecular formula is C19H17ClN6O. The van der Waals surface area contributed by atoms with E-state index < -0.39 is 0 Å². The lowest BCUT2D eigenvalue weighted by molar-refractivity contribution is 0.844. The Hall–Kier alpha value is -3.19. The maximum atomic E-state index is 12.5. The highest BCUT2D eigenvalue weighted by atomic mass is 35.5. The van der Waals surface area contributed by atoms with Gasteiger partial charge in [-0.1, -0.05) is 23.7 Å². The molecule has 2 N–H and O–H groups in total. The molecule has 0 aliphatic heterocycles. The molecule has 0 amide bonds. The third-order valence-corrected chi connectivity index (χ3v) is 4.72. The van der Waals surface area contributed by atoms with E-state index in [0.717, 1.165) is 16.8 Å². The molecule has 0 bridgehead atoms. The van der Waals surface area contributed by atoms with Crippen LogP contribution in [0, 0.1) is 0 Å². The lowest BCUT2D eigenvalue weighted by Crippen LogP contribution is -2.20. The first-order valence-corrected chi connectivity index (χ1v) is 8.78. The molecule has 0 aliphatic carbocycles. The Kier molecular flexibility index (Phi) is 4.37.